The zero-order chi connectivity index (χ0) is 17.4. The lowest BCUT2D eigenvalue weighted by Crippen LogP contribution is -2.36. The fourth-order valence-electron chi connectivity index (χ4n) is 2.77. The Morgan fingerprint density at radius 2 is 1.83 bits per heavy atom. The molecule has 24 heavy (non-hydrogen) atoms. The van der Waals surface area contributed by atoms with Crippen LogP contribution in [0.25, 0.3) is 0 Å². The molecule has 0 bridgehead atoms. The van der Waals surface area contributed by atoms with Crippen molar-refractivity contribution < 1.29 is 19.1 Å². The number of ether oxygens (including phenoxy) is 2. The van der Waals surface area contributed by atoms with E-state index in [9.17, 15) is 9.59 Å². The Kier molecular flexibility index (Phi) is 7.09. The van der Waals surface area contributed by atoms with Crippen molar-refractivity contribution in [3.05, 3.63) is 29.8 Å². The van der Waals surface area contributed by atoms with E-state index in [1.54, 1.807) is 31.2 Å². The highest BCUT2D eigenvalue weighted by molar-refractivity contribution is 5.94. The molecule has 1 atom stereocenters. The van der Waals surface area contributed by atoms with Gasteiger partial charge in [-0.05, 0) is 50.5 Å². The molecular formula is C19H27NO4. The van der Waals surface area contributed by atoms with Crippen molar-refractivity contribution in [2.45, 2.75) is 64.5 Å². The van der Waals surface area contributed by atoms with Gasteiger partial charge >= 0.3 is 5.97 Å². The van der Waals surface area contributed by atoms with Gasteiger partial charge in [-0.25, -0.2) is 4.79 Å². The summed E-state index contributed by atoms with van der Waals surface area (Å²) in [5, 5.41) is 3.08. The third-order valence-electron chi connectivity index (χ3n) is 4.15. The van der Waals surface area contributed by atoms with Crippen molar-refractivity contribution in [1.82, 2.24) is 5.32 Å². The van der Waals surface area contributed by atoms with E-state index in [1.165, 1.54) is 19.3 Å². The van der Waals surface area contributed by atoms with Crippen molar-refractivity contribution in [3.8, 4) is 5.75 Å². The molecule has 1 aliphatic carbocycles. The molecule has 1 saturated carbocycles. The maximum atomic E-state index is 12.2. The second-order valence-electron chi connectivity index (χ2n) is 6.26. The molecular weight excluding hydrogens is 306 g/mol. The third kappa shape index (κ3) is 5.55. The van der Waals surface area contributed by atoms with E-state index in [1.807, 2.05) is 6.92 Å². The van der Waals surface area contributed by atoms with Crippen molar-refractivity contribution >= 4 is 11.9 Å². The van der Waals surface area contributed by atoms with Crippen LogP contribution >= 0.6 is 0 Å². The van der Waals surface area contributed by atoms with Crippen LogP contribution in [0.15, 0.2) is 24.3 Å². The van der Waals surface area contributed by atoms with E-state index < -0.39 is 6.10 Å². The first kappa shape index (κ1) is 18.3. The summed E-state index contributed by atoms with van der Waals surface area (Å²) in [6.07, 6.45) is 5.86. The van der Waals surface area contributed by atoms with Crippen molar-refractivity contribution in [2.75, 3.05) is 6.61 Å². The molecule has 2 rings (SSSR count). The maximum absolute atomic E-state index is 12.2. The van der Waals surface area contributed by atoms with Crippen LogP contribution in [0.1, 0.15) is 62.7 Å². The first-order valence-corrected chi connectivity index (χ1v) is 8.84. The first-order chi connectivity index (χ1) is 11.6. The van der Waals surface area contributed by atoms with Gasteiger partial charge in [0.25, 0.3) is 5.91 Å². The molecule has 0 radical (unpaired) electrons. The molecule has 0 aromatic heterocycles. The lowest BCUT2D eigenvalue weighted by atomic mass is 9.95. The molecule has 1 fully saturated rings. The van der Waals surface area contributed by atoms with Gasteiger partial charge in [-0.2, -0.15) is 0 Å². The summed E-state index contributed by atoms with van der Waals surface area (Å²) in [6.45, 7) is 3.99. The van der Waals surface area contributed by atoms with E-state index in [2.05, 4.69) is 5.32 Å². The topological polar surface area (TPSA) is 64.6 Å². The summed E-state index contributed by atoms with van der Waals surface area (Å²) in [7, 11) is 0. The monoisotopic (exact) mass is 333 g/mol. The molecule has 1 N–H and O–H groups in total. The molecule has 1 aliphatic rings. The number of carbonyl (C=O) groups is 2. The predicted octanol–water partition coefficient (Wildman–Crippen LogP) is 3.47. The van der Waals surface area contributed by atoms with Crippen LogP contribution in [-0.2, 0) is 9.53 Å². The molecule has 0 heterocycles. The van der Waals surface area contributed by atoms with Crippen LogP contribution in [0.4, 0.5) is 0 Å². The summed E-state index contributed by atoms with van der Waals surface area (Å²) in [4.78, 5) is 23.9. The number of hydrogen-bond acceptors (Lipinski definition) is 4. The van der Waals surface area contributed by atoms with Gasteiger partial charge < -0.3 is 14.8 Å². The highest BCUT2D eigenvalue weighted by Crippen LogP contribution is 2.19. The van der Waals surface area contributed by atoms with Crippen LogP contribution < -0.4 is 10.1 Å². The molecule has 5 nitrogen and oxygen atoms in total. The Hall–Kier alpha value is -2.04. The summed E-state index contributed by atoms with van der Waals surface area (Å²) >= 11 is 0. The maximum Gasteiger partial charge on any atom is 0.347 e. The highest BCUT2D eigenvalue weighted by Gasteiger charge is 2.18. The number of amides is 1. The van der Waals surface area contributed by atoms with Crippen LogP contribution in [0.5, 0.6) is 5.75 Å². The van der Waals surface area contributed by atoms with Gasteiger partial charge in [0.1, 0.15) is 5.75 Å². The molecule has 1 amide bonds. The number of carbonyl (C=O) groups excluding carboxylic acids is 2. The summed E-state index contributed by atoms with van der Waals surface area (Å²) in [5.41, 5.74) is 0.606. The zero-order valence-corrected chi connectivity index (χ0v) is 14.5. The molecule has 1 aromatic rings. The largest absolute Gasteiger partial charge is 0.479 e. The van der Waals surface area contributed by atoms with Gasteiger partial charge in [0.05, 0.1) is 6.61 Å². The van der Waals surface area contributed by atoms with Gasteiger partial charge in [-0.15, -0.1) is 0 Å². The molecule has 1 aromatic carbocycles. The molecule has 5 heteroatoms. The second kappa shape index (κ2) is 9.30. The zero-order valence-electron chi connectivity index (χ0n) is 14.5. The average Bonchev–Trinajstić information content (AvgIpc) is 2.61. The number of nitrogens with one attached hydrogen (secondary N) is 1. The Morgan fingerprint density at radius 3 is 2.46 bits per heavy atom. The van der Waals surface area contributed by atoms with Crippen LogP contribution in [-0.4, -0.2) is 30.6 Å². The van der Waals surface area contributed by atoms with Crippen molar-refractivity contribution in [3.63, 3.8) is 0 Å². The SMILES string of the molecule is CCCOC(=O)[C@@H](C)Oc1ccc(C(=O)NC2CCCCC2)cc1. The smallest absolute Gasteiger partial charge is 0.347 e. The minimum absolute atomic E-state index is 0.0520. The fourth-order valence-corrected chi connectivity index (χ4v) is 2.77. The van der Waals surface area contributed by atoms with Crippen molar-refractivity contribution in [1.29, 1.82) is 0 Å². The van der Waals surface area contributed by atoms with Gasteiger partial charge in [0.2, 0.25) is 0 Å². The quantitative estimate of drug-likeness (QED) is 0.776. The molecule has 0 spiro atoms. The number of rotatable bonds is 7. The van der Waals surface area contributed by atoms with Crippen LogP contribution in [0.3, 0.4) is 0 Å². The van der Waals surface area contributed by atoms with Crippen LogP contribution in [0.2, 0.25) is 0 Å². The lowest BCUT2D eigenvalue weighted by Gasteiger charge is -2.22. The van der Waals surface area contributed by atoms with E-state index in [-0.39, 0.29) is 17.9 Å². The average molecular weight is 333 g/mol. The minimum atomic E-state index is -0.668. The summed E-state index contributed by atoms with van der Waals surface area (Å²) in [5.74, 6) is 0.116. The number of benzene rings is 1. The molecule has 0 unspecified atom stereocenters. The van der Waals surface area contributed by atoms with Gasteiger partial charge in [0.15, 0.2) is 6.10 Å². The van der Waals surface area contributed by atoms with E-state index in [0.29, 0.717) is 17.9 Å². The van der Waals surface area contributed by atoms with Crippen LogP contribution in [0, 0.1) is 0 Å². The van der Waals surface area contributed by atoms with E-state index >= 15 is 0 Å². The third-order valence-corrected chi connectivity index (χ3v) is 4.15. The Balaban J connectivity index is 1.85. The minimum Gasteiger partial charge on any atom is -0.479 e. The van der Waals surface area contributed by atoms with Crippen molar-refractivity contribution in [2.24, 2.45) is 0 Å². The standard InChI is InChI=1S/C19H27NO4/c1-3-13-23-19(22)14(2)24-17-11-9-15(10-12-17)18(21)20-16-7-5-4-6-8-16/h9-12,14,16H,3-8,13H2,1-2H3,(H,20,21)/t14-/m1/s1. The number of hydrogen-bond donors (Lipinski definition) is 1. The summed E-state index contributed by atoms with van der Waals surface area (Å²) < 4.78 is 10.6. The molecule has 0 aliphatic heterocycles. The Bertz CT molecular complexity index is 535. The van der Waals surface area contributed by atoms with Gasteiger partial charge in [-0.1, -0.05) is 26.2 Å². The lowest BCUT2D eigenvalue weighted by molar-refractivity contribution is -0.151. The molecule has 132 valence electrons. The normalized spacial score (nSPS) is 16.2. The predicted molar refractivity (Wildman–Crippen MR) is 92.1 cm³/mol. The summed E-state index contributed by atoms with van der Waals surface area (Å²) in [6, 6.07) is 7.14. The second-order valence-corrected chi connectivity index (χ2v) is 6.26. The van der Waals surface area contributed by atoms with Gasteiger partial charge in [0, 0.05) is 11.6 Å². The highest BCUT2D eigenvalue weighted by atomic mass is 16.6. The van der Waals surface area contributed by atoms with E-state index in [0.717, 1.165) is 19.3 Å². The first-order valence-electron chi connectivity index (χ1n) is 8.84. The Labute approximate surface area is 143 Å². The van der Waals surface area contributed by atoms with Gasteiger partial charge in [-0.3, -0.25) is 4.79 Å². The van der Waals surface area contributed by atoms with E-state index in [4.69, 9.17) is 9.47 Å². The molecule has 0 saturated heterocycles. The number of esters is 1. The fraction of sp³-hybridized carbons (Fsp3) is 0.579. The Morgan fingerprint density at radius 1 is 1.17 bits per heavy atom.